The molecule has 1 atom stereocenters. The predicted octanol–water partition coefficient (Wildman–Crippen LogP) is 1.52. The van der Waals surface area contributed by atoms with Gasteiger partial charge in [0, 0.05) is 5.02 Å². The molecule has 0 radical (unpaired) electrons. The van der Waals surface area contributed by atoms with Gasteiger partial charge in [0.2, 0.25) is 0 Å². The van der Waals surface area contributed by atoms with Crippen LogP contribution < -0.4 is 5.73 Å². The number of aliphatic carboxylic acids is 1. The van der Waals surface area contributed by atoms with Crippen LogP contribution in [0.25, 0.3) is 0 Å². The molecule has 0 saturated carbocycles. The molecule has 0 aliphatic heterocycles. The second-order valence-corrected chi connectivity index (χ2v) is 4.01. The van der Waals surface area contributed by atoms with Gasteiger partial charge in [-0.05, 0) is 36.1 Å². The highest BCUT2D eigenvalue weighted by molar-refractivity contribution is 6.30. The molecule has 0 bridgehead atoms. The minimum Gasteiger partial charge on any atom is -0.480 e. The maximum atomic E-state index is 11.0. The van der Waals surface area contributed by atoms with E-state index in [0.717, 1.165) is 5.56 Å². The van der Waals surface area contributed by atoms with E-state index in [1.165, 1.54) is 0 Å². The lowest BCUT2D eigenvalue weighted by molar-refractivity contribution is -0.143. The minimum atomic E-state index is -1.22. The van der Waals surface area contributed by atoms with Crippen molar-refractivity contribution in [3.63, 3.8) is 0 Å². The predicted molar refractivity (Wildman–Crippen MR) is 53.3 cm³/mol. The van der Waals surface area contributed by atoms with Crippen LogP contribution >= 0.6 is 11.6 Å². The van der Waals surface area contributed by atoms with E-state index in [9.17, 15) is 4.79 Å². The minimum absolute atomic E-state index is 0.442. The van der Waals surface area contributed by atoms with Gasteiger partial charge in [-0.3, -0.25) is 0 Å². The van der Waals surface area contributed by atoms with Crippen LogP contribution in [0.3, 0.4) is 0 Å². The number of aryl methyl sites for hydroxylation is 1. The molecule has 14 heavy (non-hydrogen) atoms. The van der Waals surface area contributed by atoms with Gasteiger partial charge in [0.25, 0.3) is 0 Å². The fourth-order valence-electron chi connectivity index (χ4n) is 1.89. The molecule has 2 rings (SSSR count). The summed E-state index contributed by atoms with van der Waals surface area (Å²) < 4.78 is 0. The molecule has 1 aromatic rings. The van der Waals surface area contributed by atoms with Crippen molar-refractivity contribution in [2.24, 2.45) is 5.73 Å². The zero-order valence-electron chi connectivity index (χ0n) is 7.46. The molecule has 0 saturated heterocycles. The molecule has 0 aromatic heterocycles. The quantitative estimate of drug-likeness (QED) is 0.741. The van der Waals surface area contributed by atoms with Gasteiger partial charge in [-0.2, -0.15) is 0 Å². The van der Waals surface area contributed by atoms with E-state index in [-0.39, 0.29) is 0 Å². The van der Waals surface area contributed by atoms with Crippen LogP contribution in [0.5, 0.6) is 0 Å². The summed E-state index contributed by atoms with van der Waals surface area (Å²) in [7, 11) is 0. The summed E-state index contributed by atoms with van der Waals surface area (Å²) in [5, 5.41) is 9.65. The number of carboxylic acid groups (broad SMARTS) is 1. The average Bonchev–Trinajstić information content (AvgIpc) is 2.45. The standard InChI is InChI=1S/C10H10ClNO2/c11-7-1-2-8-6(5-7)3-4-10(8,12)9(13)14/h1-2,5H,3-4,12H2,(H,13,14). The van der Waals surface area contributed by atoms with Crippen molar-refractivity contribution in [2.45, 2.75) is 18.4 Å². The van der Waals surface area contributed by atoms with Crippen molar-refractivity contribution in [1.82, 2.24) is 0 Å². The Morgan fingerprint density at radius 1 is 1.57 bits per heavy atom. The fraction of sp³-hybridized carbons (Fsp3) is 0.300. The highest BCUT2D eigenvalue weighted by Crippen LogP contribution is 2.36. The van der Waals surface area contributed by atoms with Gasteiger partial charge in [0.05, 0.1) is 0 Å². The molecule has 3 nitrogen and oxygen atoms in total. The molecule has 0 spiro atoms. The zero-order chi connectivity index (χ0) is 10.3. The van der Waals surface area contributed by atoms with Gasteiger partial charge >= 0.3 is 5.97 Å². The van der Waals surface area contributed by atoms with E-state index in [1.807, 2.05) is 0 Å². The molecule has 0 heterocycles. The van der Waals surface area contributed by atoms with Crippen LogP contribution in [-0.2, 0) is 16.8 Å². The SMILES string of the molecule is NC1(C(=O)O)CCc2cc(Cl)ccc21. The summed E-state index contributed by atoms with van der Waals surface area (Å²) in [4.78, 5) is 11.0. The Morgan fingerprint density at radius 2 is 2.29 bits per heavy atom. The van der Waals surface area contributed by atoms with Crippen molar-refractivity contribution < 1.29 is 9.90 Å². The Balaban J connectivity index is 2.55. The van der Waals surface area contributed by atoms with Crippen LogP contribution in [0.4, 0.5) is 0 Å². The monoisotopic (exact) mass is 211 g/mol. The van der Waals surface area contributed by atoms with E-state index in [0.29, 0.717) is 23.4 Å². The second kappa shape index (κ2) is 2.97. The number of rotatable bonds is 1. The summed E-state index contributed by atoms with van der Waals surface area (Å²) in [5.41, 5.74) is 6.23. The molecule has 3 N–H and O–H groups in total. The number of benzene rings is 1. The summed E-state index contributed by atoms with van der Waals surface area (Å²) in [6, 6.07) is 5.17. The third-order valence-electron chi connectivity index (χ3n) is 2.72. The second-order valence-electron chi connectivity index (χ2n) is 3.58. The molecule has 1 aromatic carbocycles. The topological polar surface area (TPSA) is 63.3 Å². The average molecular weight is 212 g/mol. The van der Waals surface area contributed by atoms with Crippen molar-refractivity contribution >= 4 is 17.6 Å². The molecular weight excluding hydrogens is 202 g/mol. The smallest absolute Gasteiger partial charge is 0.328 e. The number of carboxylic acids is 1. The van der Waals surface area contributed by atoms with E-state index in [1.54, 1.807) is 18.2 Å². The Kier molecular flexibility index (Phi) is 2.01. The number of halogens is 1. The van der Waals surface area contributed by atoms with Crippen molar-refractivity contribution in [1.29, 1.82) is 0 Å². The molecule has 0 amide bonds. The van der Waals surface area contributed by atoms with E-state index in [4.69, 9.17) is 22.4 Å². The molecule has 1 aliphatic rings. The first kappa shape index (κ1) is 9.49. The van der Waals surface area contributed by atoms with Crippen LogP contribution in [0.1, 0.15) is 17.5 Å². The number of hydrogen-bond donors (Lipinski definition) is 2. The van der Waals surface area contributed by atoms with Crippen LogP contribution in [-0.4, -0.2) is 11.1 Å². The van der Waals surface area contributed by atoms with Gasteiger partial charge in [-0.1, -0.05) is 17.7 Å². The molecule has 1 unspecified atom stereocenters. The van der Waals surface area contributed by atoms with Gasteiger partial charge in [0.1, 0.15) is 5.54 Å². The van der Waals surface area contributed by atoms with E-state index >= 15 is 0 Å². The lowest BCUT2D eigenvalue weighted by atomic mass is 9.93. The first-order chi connectivity index (χ1) is 6.54. The highest BCUT2D eigenvalue weighted by atomic mass is 35.5. The Morgan fingerprint density at radius 3 is 2.93 bits per heavy atom. The zero-order valence-corrected chi connectivity index (χ0v) is 8.21. The number of hydrogen-bond acceptors (Lipinski definition) is 2. The van der Waals surface area contributed by atoms with E-state index in [2.05, 4.69) is 0 Å². The van der Waals surface area contributed by atoms with Crippen LogP contribution in [0.15, 0.2) is 18.2 Å². The Hall–Kier alpha value is -1.06. The van der Waals surface area contributed by atoms with Crippen molar-refractivity contribution in [2.75, 3.05) is 0 Å². The summed E-state index contributed by atoms with van der Waals surface area (Å²) in [6.45, 7) is 0. The Bertz CT molecular complexity index is 405. The van der Waals surface area contributed by atoms with Gasteiger partial charge < -0.3 is 10.8 Å². The third-order valence-corrected chi connectivity index (χ3v) is 2.95. The molecule has 4 heteroatoms. The third kappa shape index (κ3) is 1.21. The number of fused-ring (bicyclic) bond motifs is 1. The Labute approximate surface area is 86.5 Å². The van der Waals surface area contributed by atoms with Gasteiger partial charge in [-0.25, -0.2) is 4.79 Å². The van der Waals surface area contributed by atoms with Crippen molar-refractivity contribution in [3.05, 3.63) is 34.3 Å². The summed E-state index contributed by atoms with van der Waals surface area (Å²) in [5.74, 6) is -0.974. The maximum absolute atomic E-state index is 11.0. The van der Waals surface area contributed by atoms with Crippen LogP contribution in [0, 0.1) is 0 Å². The van der Waals surface area contributed by atoms with Gasteiger partial charge in [0.15, 0.2) is 0 Å². The summed E-state index contributed by atoms with van der Waals surface area (Å²) in [6.07, 6.45) is 1.12. The first-order valence-electron chi connectivity index (χ1n) is 4.35. The first-order valence-corrected chi connectivity index (χ1v) is 4.73. The molecule has 0 fully saturated rings. The largest absolute Gasteiger partial charge is 0.480 e. The normalized spacial score (nSPS) is 24.7. The highest BCUT2D eigenvalue weighted by Gasteiger charge is 2.41. The number of carbonyl (C=O) groups is 1. The molecule has 74 valence electrons. The molecule has 1 aliphatic carbocycles. The lowest BCUT2D eigenvalue weighted by Crippen LogP contribution is -2.42. The van der Waals surface area contributed by atoms with E-state index < -0.39 is 11.5 Å². The van der Waals surface area contributed by atoms with Crippen LogP contribution in [0.2, 0.25) is 5.02 Å². The van der Waals surface area contributed by atoms with Crippen molar-refractivity contribution in [3.8, 4) is 0 Å². The summed E-state index contributed by atoms with van der Waals surface area (Å²) >= 11 is 5.81. The fourth-order valence-corrected chi connectivity index (χ4v) is 2.09. The lowest BCUT2D eigenvalue weighted by Gasteiger charge is -2.19. The maximum Gasteiger partial charge on any atom is 0.328 e. The number of nitrogens with two attached hydrogens (primary N) is 1. The van der Waals surface area contributed by atoms with Gasteiger partial charge in [-0.15, -0.1) is 0 Å². The molecular formula is C10H10ClNO2.